The third-order valence-electron chi connectivity index (χ3n) is 1.74. The Bertz CT molecular complexity index is 91.3. The Morgan fingerprint density at radius 2 is 2.30 bits per heavy atom. The standard InChI is InChI=1S/C8H18N2/c1-4-8(3)10(5-2)7-6-9/h4,8H,1,5-7,9H2,2-3H3. The number of nitrogens with two attached hydrogens (primary N) is 1. The molecule has 0 bridgehead atoms. The number of hydrogen-bond donors (Lipinski definition) is 1. The minimum absolute atomic E-state index is 0.452. The summed E-state index contributed by atoms with van der Waals surface area (Å²) in [6.07, 6.45) is 1.94. The molecule has 0 fully saturated rings. The average Bonchev–Trinajstić information content (AvgIpc) is 1.99. The van der Waals surface area contributed by atoms with Crippen molar-refractivity contribution in [1.82, 2.24) is 4.90 Å². The van der Waals surface area contributed by atoms with Crippen molar-refractivity contribution in [2.75, 3.05) is 19.6 Å². The van der Waals surface area contributed by atoms with E-state index in [1.54, 1.807) is 0 Å². The van der Waals surface area contributed by atoms with Gasteiger partial charge in [-0.15, -0.1) is 6.58 Å². The molecule has 0 aromatic rings. The predicted octanol–water partition coefficient (Wildman–Crippen LogP) is 0.841. The topological polar surface area (TPSA) is 29.3 Å². The second-order valence-electron chi connectivity index (χ2n) is 2.39. The van der Waals surface area contributed by atoms with Crippen LogP contribution in [0.4, 0.5) is 0 Å². The van der Waals surface area contributed by atoms with Crippen LogP contribution in [0.2, 0.25) is 0 Å². The summed E-state index contributed by atoms with van der Waals surface area (Å²) in [6, 6.07) is 0.452. The molecule has 1 unspecified atom stereocenters. The lowest BCUT2D eigenvalue weighted by molar-refractivity contribution is 0.262. The van der Waals surface area contributed by atoms with Crippen molar-refractivity contribution in [3.8, 4) is 0 Å². The van der Waals surface area contributed by atoms with Crippen molar-refractivity contribution in [1.29, 1.82) is 0 Å². The first kappa shape index (κ1) is 9.66. The molecule has 10 heavy (non-hydrogen) atoms. The largest absolute Gasteiger partial charge is 0.329 e. The van der Waals surface area contributed by atoms with Crippen LogP contribution in [-0.4, -0.2) is 30.6 Å². The van der Waals surface area contributed by atoms with Gasteiger partial charge in [0.25, 0.3) is 0 Å². The molecule has 2 heteroatoms. The van der Waals surface area contributed by atoms with Gasteiger partial charge in [0.15, 0.2) is 0 Å². The summed E-state index contributed by atoms with van der Waals surface area (Å²) in [4.78, 5) is 2.28. The maximum absolute atomic E-state index is 5.42. The molecule has 0 heterocycles. The summed E-state index contributed by atoms with van der Waals surface area (Å²) in [7, 11) is 0. The van der Waals surface area contributed by atoms with E-state index in [-0.39, 0.29) is 0 Å². The zero-order chi connectivity index (χ0) is 7.98. The Morgan fingerprint density at radius 1 is 1.70 bits per heavy atom. The van der Waals surface area contributed by atoms with E-state index in [9.17, 15) is 0 Å². The second-order valence-corrected chi connectivity index (χ2v) is 2.39. The van der Waals surface area contributed by atoms with Gasteiger partial charge in [-0.05, 0) is 13.5 Å². The van der Waals surface area contributed by atoms with Crippen LogP contribution in [0.1, 0.15) is 13.8 Å². The summed E-state index contributed by atoms with van der Waals surface area (Å²) in [5.74, 6) is 0. The lowest BCUT2D eigenvalue weighted by Crippen LogP contribution is -2.35. The fraction of sp³-hybridized carbons (Fsp3) is 0.750. The van der Waals surface area contributed by atoms with Gasteiger partial charge >= 0.3 is 0 Å². The molecule has 2 nitrogen and oxygen atoms in total. The normalized spacial score (nSPS) is 13.6. The van der Waals surface area contributed by atoms with E-state index < -0.39 is 0 Å². The van der Waals surface area contributed by atoms with Crippen molar-refractivity contribution in [2.45, 2.75) is 19.9 Å². The Hall–Kier alpha value is -0.340. The highest BCUT2D eigenvalue weighted by Crippen LogP contribution is 1.97. The van der Waals surface area contributed by atoms with Gasteiger partial charge in [-0.25, -0.2) is 0 Å². The number of nitrogens with zero attached hydrogens (tertiary/aromatic N) is 1. The number of hydrogen-bond acceptors (Lipinski definition) is 2. The summed E-state index contributed by atoms with van der Waals surface area (Å²) in [6.45, 7) is 10.7. The third kappa shape index (κ3) is 2.99. The number of rotatable bonds is 5. The predicted molar refractivity (Wildman–Crippen MR) is 46.0 cm³/mol. The van der Waals surface area contributed by atoms with Gasteiger partial charge in [-0.3, -0.25) is 4.90 Å². The molecule has 1 atom stereocenters. The summed E-state index contributed by atoms with van der Waals surface area (Å²) < 4.78 is 0. The molecule has 2 N–H and O–H groups in total. The van der Waals surface area contributed by atoms with Crippen molar-refractivity contribution < 1.29 is 0 Å². The van der Waals surface area contributed by atoms with Crippen LogP contribution in [0.25, 0.3) is 0 Å². The molecular weight excluding hydrogens is 124 g/mol. The van der Waals surface area contributed by atoms with E-state index in [1.165, 1.54) is 0 Å². The molecule has 0 radical (unpaired) electrons. The first-order valence-corrected chi connectivity index (χ1v) is 3.82. The molecule has 0 aromatic heterocycles. The SMILES string of the molecule is C=CC(C)N(CC)CCN. The molecule has 0 rings (SSSR count). The lowest BCUT2D eigenvalue weighted by Gasteiger charge is -2.24. The van der Waals surface area contributed by atoms with Gasteiger partial charge < -0.3 is 5.73 Å². The smallest absolute Gasteiger partial charge is 0.0247 e. The summed E-state index contributed by atoms with van der Waals surface area (Å²) in [5.41, 5.74) is 5.42. The van der Waals surface area contributed by atoms with Crippen molar-refractivity contribution in [2.24, 2.45) is 5.73 Å². The van der Waals surface area contributed by atoms with E-state index >= 15 is 0 Å². The first-order valence-electron chi connectivity index (χ1n) is 3.82. The highest BCUT2D eigenvalue weighted by molar-refractivity contribution is 4.83. The van der Waals surface area contributed by atoms with Gasteiger partial charge in [0.1, 0.15) is 0 Å². The van der Waals surface area contributed by atoms with Crippen LogP contribution in [0.3, 0.4) is 0 Å². The highest BCUT2D eigenvalue weighted by atomic mass is 15.1. The minimum atomic E-state index is 0.452. The van der Waals surface area contributed by atoms with Crippen molar-refractivity contribution in [3.05, 3.63) is 12.7 Å². The Balaban J connectivity index is 3.67. The minimum Gasteiger partial charge on any atom is -0.329 e. The fourth-order valence-electron chi connectivity index (χ4n) is 0.965. The van der Waals surface area contributed by atoms with E-state index in [0.717, 1.165) is 19.6 Å². The molecule has 60 valence electrons. The zero-order valence-corrected chi connectivity index (χ0v) is 7.01. The quantitative estimate of drug-likeness (QED) is 0.576. The summed E-state index contributed by atoms with van der Waals surface area (Å²) in [5, 5.41) is 0. The lowest BCUT2D eigenvalue weighted by atomic mass is 10.3. The Morgan fingerprint density at radius 3 is 2.60 bits per heavy atom. The molecule has 0 aliphatic heterocycles. The molecule has 0 aliphatic carbocycles. The average molecular weight is 142 g/mol. The molecule has 0 amide bonds. The van der Waals surface area contributed by atoms with Gasteiger partial charge in [0.05, 0.1) is 0 Å². The van der Waals surface area contributed by atoms with E-state index in [0.29, 0.717) is 6.04 Å². The van der Waals surface area contributed by atoms with Crippen LogP contribution in [0, 0.1) is 0 Å². The molecule has 0 saturated carbocycles. The van der Waals surface area contributed by atoms with Gasteiger partial charge in [-0.1, -0.05) is 13.0 Å². The third-order valence-corrected chi connectivity index (χ3v) is 1.74. The highest BCUT2D eigenvalue weighted by Gasteiger charge is 2.05. The zero-order valence-electron chi connectivity index (χ0n) is 7.01. The van der Waals surface area contributed by atoms with Crippen molar-refractivity contribution >= 4 is 0 Å². The number of likely N-dealkylation sites (N-methyl/N-ethyl adjacent to an activating group) is 1. The van der Waals surface area contributed by atoms with Gasteiger partial charge in [0.2, 0.25) is 0 Å². The van der Waals surface area contributed by atoms with Crippen LogP contribution in [0.15, 0.2) is 12.7 Å². The van der Waals surface area contributed by atoms with E-state index in [1.807, 2.05) is 6.08 Å². The maximum Gasteiger partial charge on any atom is 0.0247 e. The first-order chi connectivity index (χ1) is 4.76. The Labute approximate surface area is 63.7 Å². The maximum atomic E-state index is 5.42. The monoisotopic (exact) mass is 142 g/mol. The molecular formula is C8H18N2. The molecule has 0 spiro atoms. The van der Waals surface area contributed by atoms with Crippen molar-refractivity contribution in [3.63, 3.8) is 0 Å². The molecule has 0 aromatic carbocycles. The van der Waals surface area contributed by atoms with Crippen LogP contribution >= 0.6 is 0 Å². The molecule has 0 aliphatic rings. The molecule has 0 saturated heterocycles. The second kappa shape index (κ2) is 5.45. The van der Waals surface area contributed by atoms with Crippen LogP contribution in [0.5, 0.6) is 0 Å². The van der Waals surface area contributed by atoms with Gasteiger partial charge in [-0.2, -0.15) is 0 Å². The van der Waals surface area contributed by atoms with Gasteiger partial charge in [0, 0.05) is 19.1 Å². The van der Waals surface area contributed by atoms with Crippen LogP contribution in [-0.2, 0) is 0 Å². The Kier molecular flexibility index (Phi) is 5.26. The van der Waals surface area contributed by atoms with Crippen LogP contribution < -0.4 is 5.73 Å². The van der Waals surface area contributed by atoms with E-state index in [4.69, 9.17) is 5.73 Å². The fourth-order valence-corrected chi connectivity index (χ4v) is 0.965. The van der Waals surface area contributed by atoms with E-state index in [2.05, 4.69) is 25.3 Å². The summed E-state index contributed by atoms with van der Waals surface area (Å²) >= 11 is 0.